The van der Waals surface area contributed by atoms with Crippen LogP contribution in [0, 0.1) is 5.82 Å². The fourth-order valence-corrected chi connectivity index (χ4v) is 2.79. The van der Waals surface area contributed by atoms with Crippen LogP contribution in [0.1, 0.15) is 30.0 Å². The zero-order valence-corrected chi connectivity index (χ0v) is 12.4. The lowest BCUT2D eigenvalue weighted by Gasteiger charge is -2.21. The number of hydrogen-bond acceptors (Lipinski definition) is 4. The topological polar surface area (TPSA) is 42.1 Å². The van der Waals surface area contributed by atoms with Gasteiger partial charge in [0.1, 0.15) is 5.82 Å². The minimum absolute atomic E-state index is 0.145. The first kappa shape index (κ1) is 15.1. The molecule has 2 N–H and O–H groups in total. The number of nitrogens with two attached hydrogens (primary N) is 1. The summed E-state index contributed by atoms with van der Waals surface area (Å²) in [6, 6.07) is 7.14. The van der Waals surface area contributed by atoms with Crippen LogP contribution in [0.15, 0.2) is 35.8 Å². The first-order valence-corrected chi connectivity index (χ1v) is 7.68. The van der Waals surface area contributed by atoms with Crippen LogP contribution < -0.4 is 5.73 Å². The number of pyridine rings is 1. The smallest absolute Gasteiger partial charge is 0.141 e. The Morgan fingerprint density at radius 2 is 2.25 bits per heavy atom. The van der Waals surface area contributed by atoms with E-state index in [1.54, 1.807) is 17.4 Å². The molecular formula is C15H20FN3S. The van der Waals surface area contributed by atoms with Crippen molar-refractivity contribution >= 4 is 11.3 Å². The van der Waals surface area contributed by atoms with Gasteiger partial charge >= 0.3 is 0 Å². The lowest BCUT2D eigenvalue weighted by Crippen LogP contribution is -2.27. The van der Waals surface area contributed by atoms with Crippen LogP contribution in [-0.4, -0.2) is 23.0 Å². The lowest BCUT2D eigenvalue weighted by molar-refractivity contribution is 0.270. The zero-order chi connectivity index (χ0) is 14.4. The molecule has 5 heteroatoms. The highest BCUT2D eigenvalue weighted by molar-refractivity contribution is 7.09. The third-order valence-electron chi connectivity index (χ3n) is 3.29. The van der Waals surface area contributed by atoms with Gasteiger partial charge in [-0.3, -0.25) is 9.88 Å². The van der Waals surface area contributed by atoms with Crippen molar-refractivity contribution in [3.63, 3.8) is 0 Å². The van der Waals surface area contributed by atoms with Crippen molar-refractivity contribution in [2.24, 2.45) is 5.73 Å². The molecule has 0 radical (unpaired) electrons. The number of rotatable bonds is 7. The first-order valence-electron chi connectivity index (χ1n) is 6.80. The van der Waals surface area contributed by atoms with Gasteiger partial charge in [-0.25, -0.2) is 4.39 Å². The van der Waals surface area contributed by atoms with Crippen LogP contribution in [0.5, 0.6) is 0 Å². The molecule has 0 aliphatic rings. The maximum absolute atomic E-state index is 12.8. The van der Waals surface area contributed by atoms with E-state index in [1.165, 1.54) is 17.1 Å². The molecule has 0 saturated carbocycles. The predicted molar refractivity (Wildman–Crippen MR) is 81.0 cm³/mol. The van der Waals surface area contributed by atoms with E-state index < -0.39 is 0 Å². The molecule has 2 heterocycles. The molecule has 2 rings (SSSR count). The van der Waals surface area contributed by atoms with Crippen molar-refractivity contribution in [3.8, 4) is 0 Å². The lowest BCUT2D eigenvalue weighted by atomic mass is 10.1. The monoisotopic (exact) mass is 293 g/mol. The van der Waals surface area contributed by atoms with Crippen LogP contribution >= 0.6 is 11.3 Å². The van der Waals surface area contributed by atoms with E-state index in [0.717, 1.165) is 31.7 Å². The largest absolute Gasteiger partial charge is 0.323 e. The molecule has 0 spiro atoms. The highest BCUT2D eigenvalue weighted by Crippen LogP contribution is 2.15. The summed E-state index contributed by atoms with van der Waals surface area (Å²) in [4.78, 5) is 7.76. The molecule has 3 nitrogen and oxygen atoms in total. The second-order valence-electron chi connectivity index (χ2n) is 4.74. The summed E-state index contributed by atoms with van der Waals surface area (Å²) in [7, 11) is 0. The van der Waals surface area contributed by atoms with Gasteiger partial charge in [-0.15, -0.1) is 11.3 Å². The number of hydrogen-bond donors (Lipinski definition) is 1. The normalized spacial score (nSPS) is 12.8. The second kappa shape index (κ2) is 7.47. The number of nitrogens with zero attached hydrogens (tertiary/aromatic N) is 2. The average molecular weight is 293 g/mol. The summed E-state index contributed by atoms with van der Waals surface area (Å²) in [5, 5.41) is 2.09. The van der Waals surface area contributed by atoms with Crippen molar-refractivity contribution in [1.29, 1.82) is 0 Å². The Kier molecular flexibility index (Phi) is 5.64. The van der Waals surface area contributed by atoms with Crippen LogP contribution in [0.2, 0.25) is 0 Å². The molecule has 0 fully saturated rings. The Morgan fingerprint density at radius 3 is 2.85 bits per heavy atom. The van der Waals surface area contributed by atoms with Crippen LogP contribution in [0.4, 0.5) is 4.39 Å². The Labute approximate surface area is 123 Å². The van der Waals surface area contributed by atoms with E-state index in [9.17, 15) is 4.39 Å². The van der Waals surface area contributed by atoms with Crippen molar-refractivity contribution in [2.45, 2.75) is 25.9 Å². The SMILES string of the molecule is CCN(CCC(N)c1ccc(F)cn1)Cc1cccs1. The molecular weight excluding hydrogens is 273 g/mol. The van der Waals surface area contributed by atoms with E-state index in [4.69, 9.17) is 5.73 Å². The minimum Gasteiger partial charge on any atom is -0.323 e. The summed E-state index contributed by atoms with van der Waals surface area (Å²) < 4.78 is 12.8. The third-order valence-corrected chi connectivity index (χ3v) is 4.15. The van der Waals surface area contributed by atoms with Gasteiger partial charge in [0.2, 0.25) is 0 Å². The summed E-state index contributed by atoms with van der Waals surface area (Å²) in [6.07, 6.45) is 2.04. The summed E-state index contributed by atoms with van der Waals surface area (Å²) in [5.41, 5.74) is 6.86. The molecule has 108 valence electrons. The van der Waals surface area contributed by atoms with Crippen LogP contribution in [0.3, 0.4) is 0 Å². The summed E-state index contributed by atoms with van der Waals surface area (Å²) in [6.45, 7) is 5.00. The van der Waals surface area contributed by atoms with Crippen LogP contribution in [-0.2, 0) is 6.54 Å². The van der Waals surface area contributed by atoms with E-state index >= 15 is 0 Å². The van der Waals surface area contributed by atoms with Gasteiger partial charge in [0.25, 0.3) is 0 Å². The second-order valence-corrected chi connectivity index (χ2v) is 5.78. The Bertz CT molecular complexity index is 498. The number of halogens is 1. The Hall–Kier alpha value is -1.30. The molecule has 20 heavy (non-hydrogen) atoms. The van der Waals surface area contributed by atoms with Crippen molar-refractivity contribution in [3.05, 3.63) is 52.2 Å². The van der Waals surface area contributed by atoms with Crippen molar-refractivity contribution < 1.29 is 4.39 Å². The van der Waals surface area contributed by atoms with Crippen molar-refractivity contribution in [1.82, 2.24) is 9.88 Å². The fraction of sp³-hybridized carbons (Fsp3) is 0.400. The van der Waals surface area contributed by atoms with Gasteiger partial charge in [-0.05, 0) is 36.5 Å². The van der Waals surface area contributed by atoms with Gasteiger partial charge < -0.3 is 5.73 Å². The molecule has 0 aliphatic carbocycles. The zero-order valence-electron chi connectivity index (χ0n) is 11.6. The Balaban J connectivity index is 1.84. The van der Waals surface area contributed by atoms with E-state index in [0.29, 0.717) is 0 Å². The fourth-order valence-electron chi connectivity index (χ4n) is 2.05. The maximum Gasteiger partial charge on any atom is 0.141 e. The molecule has 2 aromatic rings. The average Bonchev–Trinajstić information content (AvgIpc) is 2.96. The predicted octanol–water partition coefficient (Wildman–Crippen LogP) is 3.19. The van der Waals surface area contributed by atoms with E-state index in [1.807, 2.05) is 0 Å². The first-order chi connectivity index (χ1) is 9.69. The number of aromatic nitrogens is 1. The minimum atomic E-state index is -0.325. The molecule has 0 saturated heterocycles. The molecule has 0 aliphatic heterocycles. The molecule has 0 bridgehead atoms. The third kappa shape index (κ3) is 4.37. The molecule has 0 aromatic carbocycles. The van der Waals surface area contributed by atoms with Gasteiger partial charge in [0.05, 0.1) is 11.9 Å². The number of thiophene rings is 1. The van der Waals surface area contributed by atoms with Gasteiger partial charge in [-0.1, -0.05) is 13.0 Å². The van der Waals surface area contributed by atoms with Crippen molar-refractivity contribution in [2.75, 3.05) is 13.1 Å². The molecule has 2 aromatic heterocycles. The summed E-state index contributed by atoms with van der Waals surface area (Å²) in [5.74, 6) is -0.325. The molecule has 1 atom stereocenters. The van der Waals surface area contributed by atoms with Gasteiger partial charge in [0.15, 0.2) is 0 Å². The van der Waals surface area contributed by atoms with E-state index in [2.05, 4.69) is 34.3 Å². The van der Waals surface area contributed by atoms with E-state index in [-0.39, 0.29) is 11.9 Å². The maximum atomic E-state index is 12.8. The summed E-state index contributed by atoms with van der Waals surface area (Å²) >= 11 is 1.77. The Morgan fingerprint density at radius 1 is 1.40 bits per heavy atom. The van der Waals surface area contributed by atoms with Gasteiger partial charge in [-0.2, -0.15) is 0 Å². The standard InChI is InChI=1S/C15H20FN3S/c1-2-19(11-13-4-3-9-20-13)8-7-14(17)15-6-5-12(16)10-18-15/h3-6,9-10,14H,2,7-8,11,17H2,1H3. The van der Waals surface area contributed by atoms with Gasteiger partial charge in [0, 0.05) is 24.0 Å². The quantitative estimate of drug-likeness (QED) is 0.852. The highest BCUT2D eigenvalue weighted by atomic mass is 32.1. The molecule has 1 unspecified atom stereocenters. The highest BCUT2D eigenvalue weighted by Gasteiger charge is 2.11. The molecule has 0 amide bonds. The van der Waals surface area contributed by atoms with Crippen LogP contribution in [0.25, 0.3) is 0 Å².